The van der Waals surface area contributed by atoms with Crippen LogP contribution in [0.2, 0.25) is 0 Å². The molecule has 0 atom stereocenters. The number of fused-ring (bicyclic) bond motifs is 14. The Morgan fingerprint density at radius 1 is 0.479 bits per heavy atom. The van der Waals surface area contributed by atoms with Crippen LogP contribution in [0.3, 0.4) is 0 Å². The van der Waals surface area contributed by atoms with Gasteiger partial charge in [0.15, 0.2) is 0 Å². The van der Waals surface area contributed by atoms with Gasteiger partial charge < -0.3 is 13.8 Å². The number of anilines is 3. The van der Waals surface area contributed by atoms with E-state index in [1.807, 2.05) is 0 Å². The largest absolute Gasteiger partial charge is 0.456 e. The molecule has 0 saturated carbocycles. The van der Waals surface area contributed by atoms with E-state index < -0.39 is 0 Å². The summed E-state index contributed by atoms with van der Waals surface area (Å²) in [7, 11) is 0. The van der Waals surface area contributed by atoms with Crippen molar-refractivity contribution in [1.82, 2.24) is 4.48 Å². The van der Waals surface area contributed by atoms with Crippen LogP contribution in [-0.4, -0.2) is 11.3 Å². The van der Waals surface area contributed by atoms with Crippen molar-refractivity contribution < 1.29 is 4.42 Å². The summed E-state index contributed by atoms with van der Waals surface area (Å²) in [6.07, 6.45) is 0. The highest BCUT2D eigenvalue weighted by atomic mass is 16.3. The highest BCUT2D eigenvalue weighted by molar-refractivity contribution is 6.92. The first-order chi connectivity index (χ1) is 23.8. The van der Waals surface area contributed by atoms with Crippen molar-refractivity contribution in [3.05, 3.63) is 152 Å². The van der Waals surface area contributed by atoms with Crippen LogP contribution in [0.5, 0.6) is 0 Å². The first-order valence-electron chi connectivity index (χ1n) is 16.6. The van der Waals surface area contributed by atoms with Gasteiger partial charge in [-0.3, -0.25) is 0 Å². The summed E-state index contributed by atoms with van der Waals surface area (Å²) in [6.45, 7) is -0.0387. The summed E-state index contributed by atoms with van der Waals surface area (Å²) in [5, 5.41) is 9.93. The SMILES string of the molecule is c1ccc2cc(N3c4cc5oc6ccccc6c5c5c4B(c4c3ccc3ccccc43)n3c4ccccc4c4cccc-5c43)ccc2c1. The van der Waals surface area contributed by atoms with Crippen LogP contribution < -0.4 is 15.8 Å². The summed E-state index contributed by atoms with van der Waals surface area (Å²) < 4.78 is 9.38. The molecule has 0 saturated heterocycles. The van der Waals surface area contributed by atoms with Gasteiger partial charge in [0.05, 0.1) is 0 Å². The topological polar surface area (TPSA) is 21.3 Å². The van der Waals surface area contributed by atoms with E-state index >= 15 is 0 Å². The molecule has 2 aromatic heterocycles. The van der Waals surface area contributed by atoms with Crippen molar-refractivity contribution in [3.63, 3.8) is 0 Å². The van der Waals surface area contributed by atoms with Crippen LogP contribution in [0, 0.1) is 0 Å². The molecule has 220 valence electrons. The lowest BCUT2D eigenvalue weighted by atomic mass is 9.44. The predicted molar refractivity (Wildman–Crippen MR) is 202 cm³/mol. The molecule has 2 aliphatic heterocycles. The van der Waals surface area contributed by atoms with Crippen LogP contribution in [0.25, 0.3) is 76.4 Å². The van der Waals surface area contributed by atoms with Crippen molar-refractivity contribution in [1.29, 1.82) is 0 Å². The molecule has 4 heterocycles. The summed E-state index contributed by atoms with van der Waals surface area (Å²) in [6, 6.07) is 55.6. The van der Waals surface area contributed by atoms with Crippen molar-refractivity contribution in [3.8, 4) is 11.1 Å². The number of para-hydroxylation sites is 3. The predicted octanol–water partition coefficient (Wildman–Crippen LogP) is 10.4. The Kier molecular flexibility index (Phi) is 4.54. The third kappa shape index (κ3) is 2.97. The zero-order valence-electron chi connectivity index (χ0n) is 25.8. The fourth-order valence-electron chi connectivity index (χ4n) is 9.05. The number of aromatic nitrogens is 1. The van der Waals surface area contributed by atoms with Gasteiger partial charge in [0.2, 0.25) is 0 Å². The highest BCUT2D eigenvalue weighted by Gasteiger charge is 2.44. The Balaban J connectivity index is 1.34. The van der Waals surface area contributed by atoms with Gasteiger partial charge in [-0.05, 0) is 68.4 Å². The van der Waals surface area contributed by atoms with Crippen LogP contribution in [0.15, 0.2) is 156 Å². The maximum Gasteiger partial charge on any atom is 0.333 e. The van der Waals surface area contributed by atoms with Gasteiger partial charge in [-0.15, -0.1) is 0 Å². The van der Waals surface area contributed by atoms with Gasteiger partial charge >= 0.3 is 6.85 Å². The molecule has 0 bridgehead atoms. The average molecular weight is 609 g/mol. The molecule has 4 heteroatoms. The molecule has 0 amide bonds. The summed E-state index contributed by atoms with van der Waals surface area (Å²) in [5.41, 5.74) is 13.1. The van der Waals surface area contributed by atoms with Crippen LogP contribution in [0.4, 0.5) is 17.1 Å². The molecule has 0 spiro atoms. The number of furan rings is 1. The lowest BCUT2D eigenvalue weighted by Gasteiger charge is -2.41. The molecule has 8 aromatic carbocycles. The second-order valence-corrected chi connectivity index (χ2v) is 13.2. The van der Waals surface area contributed by atoms with Crippen molar-refractivity contribution in [2.75, 3.05) is 4.90 Å². The zero-order chi connectivity index (χ0) is 31.1. The number of benzene rings is 8. The zero-order valence-corrected chi connectivity index (χ0v) is 25.8. The standard InChI is InChI=1S/C44H25BN2O/c1-2-12-28-24-29(22-20-26(28)10-1)46-36-23-21-27-11-3-4-13-30(27)42(36)45-43-37(46)25-39-40(33-15-6-8-19-38(33)48-39)41(43)34-17-9-16-32-31-14-5-7-18-35(31)47(45)44(32)34/h1-25H. The Labute approximate surface area is 275 Å². The highest BCUT2D eigenvalue weighted by Crippen LogP contribution is 2.50. The van der Waals surface area contributed by atoms with Gasteiger partial charge in [-0.25, -0.2) is 0 Å². The summed E-state index contributed by atoms with van der Waals surface area (Å²) in [5.74, 6) is 0. The molecule has 0 radical (unpaired) electrons. The van der Waals surface area contributed by atoms with Gasteiger partial charge in [0, 0.05) is 61.3 Å². The molecule has 48 heavy (non-hydrogen) atoms. The third-order valence-electron chi connectivity index (χ3n) is 10.9. The van der Waals surface area contributed by atoms with E-state index in [0.717, 1.165) is 22.2 Å². The normalized spacial score (nSPS) is 13.3. The van der Waals surface area contributed by atoms with E-state index in [1.54, 1.807) is 0 Å². The average Bonchev–Trinajstić information content (AvgIpc) is 3.69. The number of hydrogen-bond acceptors (Lipinski definition) is 2. The lowest BCUT2D eigenvalue weighted by Crippen LogP contribution is -2.57. The van der Waals surface area contributed by atoms with E-state index in [2.05, 4.69) is 161 Å². The number of nitrogens with zero attached hydrogens (tertiary/aromatic N) is 2. The van der Waals surface area contributed by atoms with E-state index in [0.29, 0.717) is 0 Å². The van der Waals surface area contributed by atoms with Gasteiger partial charge in [-0.2, -0.15) is 0 Å². The van der Waals surface area contributed by atoms with Gasteiger partial charge in [-0.1, -0.05) is 115 Å². The monoisotopic (exact) mass is 608 g/mol. The molecule has 0 aliphatic carbocycles. The van der Waals surface area contributed by atoms with Gasteiger partial charge in [0.25, 0.3) is 0 Å². The molecule has 0 N–H and O–H groups in total. The lowest BCUT2D eigenvalue weighted by molar-refractivity contribution is 0.669. The Morgan fingerprint density at radius 2 is 1.21 bits per heavy atom. The summed E-state index contributed by atoms with van der Waals surface area (Å²) in [4.78, 5) is 2.49. The fourth-order valence-corrected chi connectivity index (χ4v) is 9.05. The minimum atomic E-state index is -0.0387. The van der Waals surface area contributed by atoms with Crippen molar-refractivity contribution in [2.24, 2.45) is 0 Å². The second kappa shape index (κ2) is 8.75. The van der Waals surface area contributed by atoms with Crippen molar-refractivity contribution in [2.45, 2.75) is 0 Å². The quantitative estimate of drug-likeness (QED) is 0.173. The Bertz CT molecular complexity index is 3040. The minimum absolute atomic E-state index is 0.0387. The first-order valence-corrected chi connectivity index (χ1v) is 16.6. The van der Waals surface area contributed by atoms with Gasteiger partial charge in [0.1, 0.15) is 11.2 Å². The Morgan fingerprint density at radius 3 is 2.12 bits per heavy atom. The Hall–Kier alpha value is -6.26. The van der Waals surface area contributed by atoms with E-state index in [1.165, 1.54) is 82.2 Å². The maximum absolute atomic E-state index is 6.74. The maximum atomic E-state index is 6.74. The fraction of sp³-hybridized carbons (Fsp3) is 0. The molecule has 0 unspecified atom stereocenters. The van der Waals surface area contributed by atoms with Crippen molar-refractivity contribution >= 4 is 100 Å². The third-order valence-corrected chi connectivity index (χ3v) is 10.9. The van der Waals surface area contributed by atoms with Crippen LogP contribution in [-0.2, 0) is 0 Å². The van der Waals surface area contributed by atoms with Crippen LogP contribution in [0.1, 0.15) is 0 Å². The number of hydrogen-bond donors (Lipinski definition) is 0. The van der Waals surface area contributed by atoms with E-state index in [4.69, 9.17) is 4.42 Å². The molecule has 10 aromatic rings. The van der Waals surface area contributed by atoms with E-state index in [-0.39, 0.29) is 6.85 Å². The van der Waals surface area contributed by atoms with E-state index in [9.17, 15) is 0 Å². The second-order valence-electron chi connectivity index (χ2n) is 13.2. The molecular formula is C44H25BN2O. The minimum Gasteiger partial charge on any atom is -0.456 e. The number of rotatable bonds is 1. The summed E-state index contributed by atoms with van der Waals surface area (Å²) >= 11 is 0. The molecule has 2 aliphatic rings. The molecule has 3 nitrogen and oxygen atoms in total. The van der Waals surface area contributed by atoms with Crippen LogP contribution >= 0.6 is 0 Å². The smallest absolute Gasteiger partial charge is 0.333 e. The molecular weight excluding hydrogens is 583 g/mol. The molecule has 12 rings (SSSR count). The first kappa shape index (κ1) is 24.9. The molecule has 0 fully saturated rings.